The lowest BCUT2D eigenvalue weighted by Crippen LogP contribution is -2.10. The van der Waals surface area contributed by atoms with Crippen LogP contribution in [0.15, 0.2) is 28.7 Å². The van der Waals surface area contributed by atoms with Crippen LogP contribution in [0.1, 0.15) is 32.0 Å². The van der Waals surface area contributed by atoms with Crippen molar-refractivity contribution in [3.8, 4) is 0 Å². The summed E-state index contributed by atoms with van der Waals surface area (Å²) in [5, 5.41) is 1.19. The van der Waals surface area contributed by atoms with Gasteiger partial charge in [-0.05, 0) is 36.1 Å². The van der Waals surface area contributed by atoms with E-state index < -0.39 is 0 Å². The molecule has 0 amide bonds. The van der Waals surface area contributed by atoms with Gasteiger partial charge in [-0.15, -0.1) is 0 Å². The fraction of sp³-hybridized carbons (Fsp3) is 0.357. The lowest BCUT2D eigenvalue weighted by molar-refractivity contribution is 0.591. The van der Waals surface area contributed by atoms with Crippen molar-refractivity contribution in [3.63, 3.8) is 0 Å². The zero-order chi connectivity index (χ0) is 11.9. The predicted octanol–water partition coefficient (Wildman–Crippen LogP) is 4.60. The number of aryl methyl sites for hydroxylation is 1. The molecule has 0 saturated carbocycles. The molecule has 1 nitrogen and oxygen atoms in total. The highest BCUT2D eigenvalue weighted by atomic mass is 79.9. The molecular weight excluding hydrogens is 262 g/mol. The average Bonchev–Trinajstić information content (AvgIpc) is 2.15. The normalized spacial score (nSPS) is 12.1. The van der Waals surface area contributed by atoms with Crippen molar-refractivity contribution < 1.29 is 0 Å². The van der Waals surface area contributed by atoms with Crippen molar-refractivity contribution in [1.82, 2.24) is 4.98 Å². The van der Waals surface area contributed by atoms with Crippen LogP contribution in [-0.2, 0) is 5.41 Å². The Balaban J connectivity index is 2.72. The Morgan fingerprint density at radius 2 is 1.81 bits per heavy atom. The Bertz CT molecular complexity index is 538. The predicted molar refractivity (Wildman–Crippen MR) is 72.9 cm³/mol. The monoisotopic (exact) mass is 277 g/mol. The molecule has 16 heavy (non-hydrogen) atoms. The summed E-state index contributed by atoms with van der Waals surface area (Å²) in [4.78, 5) is 4.53. The maximum atomic E-state index is 4.53. The Morgan fingerprint density at radius 3 is 2.44 bits per heavy atom. The lowest BCUT2D eigenvalue weighted by atomic mass is 9.86. The Kier molecular flexibility index (Phi) is 2.79. The molecule has 1 aromatic heterocycles. The highest BCUT2D eigenvalue weighted by Gasteiger charge is 2.14. The first-order chi connectivity index (χ1) is 7.38. The van der Waals surface area contributed by atoms with Gasteiger partial charge >= 0.3 is 0 Å². The fourth-order valence-electron chi connectivity index (χ4n) is 1.77. The molecule has 1 aromatic carbocycles. The van der Waals surface area contributed by atoms with Crippen LogP contribution in [0.4, 0.5) is 0 Å². The molecule has 2 heteroatoms. The van der Waals surface area contributed by atoms with Crippen LogP contribution in [0, 0.1) is 6.92 Å². The van der Waals surface area contributed by atoms with E-state index in [1.54, 1.807) is 0 Å². The molecule has 0 spiro atoms. The van der Waals surface area contributed by atoms with Crippen LogP contribution in [0.5, 0.6) is 0 Å². The van der Waals surface area contributed by atoms with E-state index in [2.05, 4.69) is 66.0 Å². The van der Waals surface area contributed by atoms with Gasteiger partial charge in [0, 0.05) is 15.6 Å². The summed E-state index contributed by atoms with van der Waals surface area (Å²) in [5.41, 5.74) is 3.62. The number of nitrogens with zero attached hydrogens (tertiary/aromatic N) is 1. The molecule has 0 fully saturated rings. The summed E-state index contributed by atoms with van der Waals surface area (Å²) < 4.78 is 1.13. The van der Waals surface area contributed by atoms with Gasteiger partial charge in [0.15, 0.2) is 0 Å². The zero-order valence-corrected chi connectivity index (χ0v) is 11.7. The van der Waals surface area contributed by atoms with Crippen molar-refractivity contribution >= 4 is 26.8 Å². The van der Waals surface area contributed by atoms with Gasteiger partial charge in [-0.3, -0.25) is 4.98 Å². The minimum Gasteiger partial charge on any atom is -0.253 e. The standard InChI is InChI=1S/C14H16BrN/c1-9-7-12(15)11-8-10(14(2,3)4)5-6-13(11)16-9/h5-8H,1-4H3. The maximum absolute atomic E-state index is 4.53. The Hall–Kier alpha value is -0.890. The first kappa shape index (κ1) is 11.6. The molecule has 0 aliphatic rings. The minimum absolute atomic E-state index is 0.179. The molecule has 0 bridgehead atoms. The van der Waals surface area contributed by atoms with E-state index >= 15 is 0 Å². The lowest BCUT2D eigenvalue weighted by Gasteiger charge is -2.19. The van der Waals surface area contributed by atoms with Crippen LogP contribution in [0.25, 0.3) is 10.9 Å². The third-order valence-electron chi connectivity index (χ3n) is 2.75. The number of rotatable bonds is 0. The molecule has 0 radical (unpaired) electrons. The van der Waals surface area contributed by atoms with Gasteiger partial charge < -0.3 is 0 Å². The van der Waals surface area contributed by atoms with Crippen LogP contribution in [-0.4, -0.2) is 4.98 Å². The minimum atomic E-state index is 0.179. The summed E-state index contributed by atoms with van der Waals surface area (Å²) in [6.45, 7) is 8.69. The quantitative estimate of drug-likeness (QED) is 0.686. The third-order valence-corrected chi connectivity index (χ3v) is 3.41. The van der Waals surface area contributed by atoms with Crippen LogP contribution >= 0.6 is 15.9 Å². The smallest absolute Gasteiger partial charge is 0.0716 e. The summed E-state index contributed by atoms with van der Waals surface area (Å²) in [6, 6.07) is 8.56. The SMILES string of the molecule is Cc1cc(Br)c2cc(C(C)(C)C)ccc2n1. The highest BCUT2D eigenvalue weighted by molar-refractivity contribution is 9.10. The number of fused-ring (bicyclic) bond motifs is 1. The molecule has 0 atom stereocenters. The number of halogens is 1. The highest BCUT2D eigenvalue weighted by Crippen LogP contribution is 2.29. The second kappa shape index (κ2) is 3.85. The van der Waals surface area contributed by atoms with Gasteiger partial charge in [-0.2, -0.15) is 0 Å². The van der Waals surface area contributed by atoms with Gasteiger partial charge in [0.2, 0.25) is 0 Å². The maximum Gasteiger partial charge on any atom is 0.0716 e. The third kappa shape index (κ3) is 2.12. The zero-order valence-electron chi connectivity index (χ0n) is 10.1. The number of hydrogen-bond donors (Lipinski definition) is 0. The van der Waals surface area contributed by atoms with E-state index in [4.69, 9.17) is 0 Å². The Labute approximate surface area is 105 Å². The van der Waals surface area contributed by atoms with Gasteiger partial charge in [0.1, 0.15) is 0 Å². The van der Waals surface area contributed by atoms with E-state index in [9.17, 15) is 0 Å². The van der Waals surface area contributed by atoms with E-state index in [0.717, 1.165) is 15.7 Å². The molecule has 0 aliphatic heterocycles. The number of hydrogen-bond acceptors (Lipinski definition) is 1. The molecule has 0 N–H and O–H groups in total. The molecule has 0 aliphatic carbocycles. The second-order valence-electron chi connectivity index (χ2n) is 5.23. The van der Waals surface area contributed by atoms with E-state index in [1.165, 1.54) is 10.9 Å². The average molecular weight is 278 g/mol. The summed E-state index contributed by atoms with van der Waals surface area (Å²) in [5.74, 6) is 0. The van der Waals surface area contributed by atoms with E-state index in [-0.39, 0.29) is 5.41 Å². The molecular formula is C14H16BrN. The Morgan fingerprint density at radius 1 is 1.12 bits per heavy atom. The fourth-order valence-corrected chi connectivity index (χ4v) is 2.42. The number of aromatic nitrogens is 1. The molecule has 0 saturated heterocycles. The molecule has 2 rings (SSSR count). The number of pyridine rings is 1. The van der Waals surface area contributed by atoms with Crippen LogP contribution < -0.4 is 0 Å². The molecule has 84 valence electrons. The van der Waals surface area contributed by atoms with Crippen molar-refractivity contribution in [1.29, 1.82) is 0 Å². The second-order valence-corrected chi connectivity index (χ2v) is 6.08. The van der Waals surface area contributed by atoms with Gasteiger partial charge in [-0.1, -0.05) is 42.8 Å². The molecule has 2 aromatic rings. The van der Waals surface area contributed by atoms with E-state index in [0.29, 0.717) is 0 Å². The largest absolute Gasteiger partial charge is 0.253 e. The van der Waals surface area contributed by atoms with Crippen molar-refractivity contribution in [3.05, 3.63) is 40.0 Å². The summed E-state index contributed by atoms with van der Waals surface area (Å²) >= 11 is 3.61. The summed E-state index contributed by atoms with van der Waals surface area (Å²) in [6.07, 6.45) is 0. The first-order valence-electron chi connectivity index (χ1n) is 5.45. The van der Waals surface area contributed by atoms with Gasteiger partial charge in [0.05, 0.1) is 5.52 Å². The summed E-state index contributed by atoms with van der Waals surface area (Å²) in [7, 11) is 0. The van der Waals surface area contributed by atoms with Gasteiger partial charge in [0.25, 0.3) is 0 Å². The van der Waals surface area contributed by atoms with Crippen molar-refractivity contribution in [2.45, 2.75) is 33.1 Å². The van der Waals surface area contributed by atoms with Crippen molar-refractivity contribution in [2.75, 3.05) is 0 Å². The molecule has 0 unspecified atom stereocenters. The van der Waals surface area contributed by atoms with Crippen LogP contribution in [0.2, 0.25) is 0 Å². The van der Waals surface area contributed by atoms with E-state index in [1.807, 2.05) is 6.92 Å². The van der Waals surface area contributed by atoms with Crippen molar-refractivity contribution in [2.24, 2.45) is 0 Å². The molecule has 1 heterocycles. The van der Waals surface area contributed by atoms with Crippen LogP contribution in [0.3, 0.4) is 0 Å². The van der Waals surface area contributed by atoms with Gasteiger partial charge in [-0.25, -0.2) is 0 Å². The number of benzene rings is 1. The topological polar surface area (TPSA) is 12.9 Å². The first-order valence-corrected chi connectivity index (χ1v) is 6.24.